The van der Waals surface area contributed by atoms with Crippen molar-refractivity contribution in [1.82, 2.24) is 5.43 Å². The first kappa shape index (κ1) is 15.0. The van der Waals surface area contributed by atoms with E-state index >= 15 is 0 Å². The van der Waals surface area contributed by atoms with Crippen molar-refractivity contribution in [3.05, 3.63) is 0 Å². The molecule has 0 aromatic carbocycles. The van der Waals surface area contributed by atoms with Gasteiger partial charge in [0.2, 0.25) is 0 Å². The molecule has 1 aliphatic heterocycles. The maximum atomic E-state index is 4.88. The molecule has 1 atom stereocenters. The quantitative estimate of drug-likeness (QED) is 0.778. The second-order valence-electron chi connectivity index (χ2n) is 8.11. The second-order valence-corrected chi connectivity index (χ2v) is 9.44. The molecule has 4 fully saturated rings. The van der Waals surface area contributed by atoms with Crippen molar-refractivity contribution in [3.8, 4) is 0 Å². The van der Waals surface area contributed by atoms with Gasteiger partial charge in [0.15, 0.2) is 5.17 Å². The molecule has 4 bridgehead atoms. The molecule has 0 amide bonds. The summed E-state index contributed by atoms with van der Waals surface area (Å²) in [7, 11) is 0. The Kier molecular flexibility index (Phi) is 4.00. The van der Waals surface area contributed by atoms with Gasteiger partial charge >= 0.3 is 0 Å². The van der Waals surface area contributed by atoms with E-state index in [1.165, 1.54) is 57.1 Å². The molecular formula is C18H29N3S. The second kappa shape index (κ2) is 5.85. The van der Waals surface area contributed by atoms with E-state index in [0.29, 0.717) is 10.7 Å². The number of unbranched alkanes of at least 4 members (excludes halogenated alkanes) is 1. The number of rotatable bonds is 4. The zero-order valence-electron chi connectivity index (χ0n) is 14.0. The van der Waals surface area contributed by atoms with E-state index in [4.69, 9.17) is 5.10 Å². The van der Waals surface area contributed by atoms with Gasteiger partial charge in [-0.15, -0.1) is 0 Å². The molecule has 0 saturated heterocycles. The van der Waals surface area contributed by atoms with Crippen LogP contribution in [0.3, 0.4) is 0 Å². The molecule has 3 nitrogen and oxygen atoms in total. The highest BCUT2D eigenvalue weighted by Gasteiger charge is 2.54. The SMILES string of the molecule is CCCCN=C1NN=C(C23CC4CC(CC(C4)C2)C3)C(C)S1. The fourth-order valence-electron chi connectivity index (χ4n) is 5.83. The summed E-state index contributed by atoms with van der Waals surface area (Å²) >= 11 is 1.90. The van der Waals surface area contributed by atoms with Crippen LogP contribution < -0.4 is 5.43 Å². The summed E-state index contributed by atoms with van der Waals surface area (Å²) in [6.07, 6.45) is 11.1. The molecule has 4 heteroatoms. The van der Waals surface area contributed by atoms with Crippen molar-refractivity contribution in [2.45, 2.75) is 70.5 Å². The van der Waals surface area contributed by atoms with Gasteiger partial charge in [0.05, 0.1) is 11.0 Å². The minimum absolute atomic E-state index is 0.434. The van der Waals surface area contributed by atoms with Crippen LogP contribution in [-0.2, 0) is 0 Å². The monoisotopic (exact) mass is 319 g/mol. The first-order chi connectivity index (χ1) is 10.7. The number of hydrazone groups is 1. The van der Waals surface area contributed by atoms with Crippen LogP contribution >= 0.6 is 11.8 Å². The van der Waals surface area contributed by atoms with Gasteiger partial charge in [-0.3, -0.25) is 10.4 Å². The number of hydrogen-bond acceptors (Lipinski definition) is 3. The summed E-state index contributed by atoms with van der Waals surface area (Å²) in [5, 5.41) is 6.41. The summed E-state index contributed by atoms with van der Waals surface area (Å²) in [5.41, 5.74) is 5.18. The number of hydrogen-bond donors (Lipinski definition) is 1. The van der Waals surface area contributed by atoms with E-state index in [9.17, 15) is 0 Å². The minimum atomic E-state index is 0.434. The Bertz CT molecular complexity index is 461. The third-order valence-corrected chi connectivity index (χ3v) is 7.31. The smallest absolute Gasteiger partial charge is 0.177 e. The van der Waals surface area contributed by atoms with E-state index < -0.39 is 0 Å². The van der Waals surface area contributed by atoms with Gasteiger partial charge in [0.1, 0.15) is 0 Å². The van der Waals surface area contributed by atoms with Crippen LogP contribution in [0.4, 0.5) is 0 Å². The van der Waals surface area contributed by atoms with Gasteiger partial charge < -0.3 is 0 Å². The summed E-state index contributed by atoms with van der Waals surface area (Å²) in [4.78, 5) is 4.67. The largest absolute Gasteiger partial charge is 0.261 e. The average molecular weight is 320 g/mol. The fourth-order valence-corrected chi connectivity index (χ4v) is 6.85. The Morgan fingerprint density at radius 2 is 1.82 bits per heavy atom. The van der Waals surface area contributed by atoms with Crippen LogP contribution in [0.5, 0.6) is 0 Å². The van der Waals surface area contributed by atoms with Crippen molar-refractivity contribution in [1.29, 1.82) is 0 Å². The molecule has 1 N–H and O–H groups in total. The highest BCUT2D eigenvalue weighted by molar-refractivity contribution is 8.15. The average Bonchev–Trinajstić information content (AvgIpc) is 2.46. The molecule has 1 heterocycles. The van der Waals surface area contributed by atoms with Crippen LogP contribution in [0.2, 0.25) is 0 Å². The van der Waals surface area contributed by atoms with Crippen LogP contribution in [-0.4, -0.2) is 22.7 Å². The maximum Gasteiger partial charge on any atom is 0.177 e. The van der Waals surface area contributed by atoms with Crippen LogP contribution in [0, 0.1) is 23.2 Å². The van der Waals surface area contributed by atoms with E-state index in [1.807, 2.05) is 11.8 Å². The summed E-state index contributed by atoms with van der Waals surface area (Å²) in [5.74, 6) is 2.97. The molecule has 22 heavy (non-hydrogen) atoms. The van der Waals surface area contributed by atoms with Crippen LogP contribution in [0.25, 0.3) is 0 Å². The van der Waals surface area contributed by atoms with E-state index in [0.717, 1.165) is 29.5 Å². The molecular weight excluding hydrogens is 290 g/mol. The fraction of sp³-hybridized carbons (Fsp3) is 0.889. The van der Waals surface area contributed by atoms with E-state index in [-0.39, 0.29) is 0 Å². The van der Waals surface area contributed by atoms with E-state index in [2.05, 4.69) is 24.3 Å². The third-order valence-electron chi connectivity index (χ3n) is 6.29. The lowest BCUT2D eigenvalue weighted by Crippen LogP contribution is -2.53. The highest BCUT2D eigenvalue weighted by Crippen LogP contribution is 2.61. The highest BCUT2D eigenvalue weighted by atomic mass is 32.2. The molecule has 4 saturated carbocycles. The predicted molar refractivity (Wildman–Crippen MR) is 95.4 cm³/mol. The van der Waals surface area contributed by atoms with Crippen molar-refractivity contribution in [2.24, 2.45) is 33.3 Å². The molecule has 5 rings (SSSR count). The number of thioether (sulfide) groups is 1. The topological polar surface area (TPSA) is 36.8 Å². The molecule has 5 aliphatic rings. The van der Waals surface area contributed by atoms with Crippen molar-refractivity contribution in [3.63, 3.8) is 0 Å². The number of nitrogens with zero attached hydrogens (tertiary/aromatic N) is 2. The Hall–Kier alpha value is -0.510. The zero-order chi connectivity index (χ0) is 15.2. The van der Waals surface area contributed by atoms with Gasteiger partial charge in [-0.1, -0.05) is 25.1 Å². The molecule has 0 spiro atoms. The molecule has 122 valence electrons. The number of nitrogens with one attached hydrogen (secondary N) is 1. The Labute approximate surface area is 138 Å². The lowest BCUT2D eigenvalue weighted by atomic mass is 9.48. The maximum absolute atomic E-state index is 4.88. The number of aliphatic imine (C=N–C) groups is 1. The summed E-state index contributed by atoms with van der Waals surface area (Å²) in [6.45, 7) is 5.49. The molecule has 4 aliphatic carbocycles. The third kappa shape index (κ3) is 2.61. The van der Waals surface area contributed by atoms with Gasteiger partial charge in [0, 0.05) is 12.0 Å². The molecule has 0 aromatic heterocycles. The Morgan fingerprint density at radius 3 is 2.36 bits per heavy atom. The Balaban J connectivity index is 1.52. The van der Waals surface area contributed by atoms with Crippen molar-refractivity contribution < 1.29 is 0 Å². The summed E-state index contributed by atoms with van der Waals surface area (Å²) < 4.78 is 0. The molecule has 1 unspecified atom stereocenters. The first-order valence-electron chi connectivity index (χ1n) is 9.23. The minimum Gasteiger partial charge on any atom is -0.261 e. The Morgan fingerprint density at radius 1 is 1.18 bits per heavy atom. The van der Waals surface area contributed by atoms with Gasteiger partial charge in [-0.25, -0.2) is 0 Å². The van der Waals surface area contributed by atoms with Crippen molar-refractivity contribution in [2.75, 3.05) is 6.54 Å². The van der Waals surface area contributed by atoms with Gasteiger partial charge in [0.25, 0.3) is 0 Å². The van der Waals surface area contributed by atoms with Gasteiger partial charge in [-0.05, 0) is 69.6 Å². The standard InChI is InChI=1S/C18H29N3S/c1-3-4-5-19-17-21-20-16(12(2)22-17)18-9-13-6-14(10-18)8-15(7-13)11-18/h12-15H,3-11H2,1-2H3,(H,19,21). The van der Waals surface area contributed by atoms with E-state index in [1.54, 1.807) is 0 Å². The molecule has 0 aromatic rings. The zero-order valence-corrected chi connectivity index (χ0v) is 14.8. The predicted octanol–water partition coefficient (Wildman–Crippen LogP) is 4.44. The van der Waals surface area contributed by atoms with Crippen LogP contribution in [0.1, 0.15) is 65.2 Å². The lowest BCUT2D eigenvalue weighted by Gasteiger charge is -2.57. The van der Waals surface area contributed by atoms with Crippen molar-refractivity contribution >= 4 is 22.6 Å². The number of amidine groups is 1. The van der Waals surface area contributed by atoms with Gasteiger partial charge in [-0.2, -0.15) is 5.10 Å². The first-order valence-corrected chi connectivity index (χ1v) is 10.1. The molecule has 0 radical (unpaired) electrons. The van der Waals surface area contributed by atoms with Crippen LogP contribution in [0.15, 0.2) is 10.1 Å². The summed E-state index contributed by atoms with van der Waals surface area (Å²) in [6, 6.07) is 0. The lowest BCUT2D eigenvalue weighted by molar-refractivity contribution is -0.0132. The normalized spacial score (nSPS) is 45.0.